The fourth-order valence-corrected chi connectivity index (χ4v) is 6.10. The van der Waals surface area contributed by atoms with Gasteiger partial charge in [0, 0.05) is 81.8 Å². The molecular weight excluding hydrogens is 591 g/mol. The Morgan fingerprint density at radius 3 is 2.35 bits per heavy atom. The van der Waals surface area contributed by atoms with Gasteiger partial charge < -0.3 is 25.4 Å². The highest BCUT2D eigenvalue weighted by molar-refractivity contribution is 6.34. The number of likely N-dealkylation sites (tertiary alicyclic amines) is 1. The molecule has 2 amide bonds. The van der Waals surface area contributed by atoms with Crippen molar-refractivity contribution in [3.05, 3.63) is 58.5 Å². The number of carbonyl (C=O) groups is 1. The lowest BCUT2D eigenvalue weighted by atomic mass is 9.96. The number of hydrogen-bond acceptors (Lipinski definition) is 8. The van der Waals surface area contributed by atoms with E-state index in [1.165, 1.54) is 0 Å². The summed E-state index contributed by atoms with van der Waals surface area (Å²) in [5, 5.41) is 15.7. The van der Waals surface area contributed by atoms with Gasteiger partial charge in [0.1, 0.15) is 0 Å². The Kier molecular flexibility index (Phi) is 11.0. The first kappa shape index (κ1) is 31.3. The van der Waals surface area contributed by atoms with E-state index in [-0.39, 0.29) is 12.6 Å². The number of benzene rings is 1. The zero-order valence-electron chi connectivity index (χ0n) is 24.5. The number of piperidine rings is 1. The number of rotatable bonds is 11. The molecule has 2 saturated heterocycles. The Balaban J connectivity index is 1.25. The van der Waals surface area contributed by atoms with E-state index in [1.807, 2.05) is 22.8 Å². The van der Waals surface area contributed by atoms with Crippen LogP contribution in [0.5, 0.6) is 11.6 Å². The fourth-order valence-electron chi connectivity index (χ4n) is 5.58. The Morgan fingerprint density at radius 1 is 1.00 bits per heavy atom. The quantitative estimate of drug-likeness (QED) is 0.291. The summed E-state index contributed by atoms with van der Waals surface area (Å²) >= 11 is 12.7. The van der Waals surface area contributed by atoms with E-state index >= 15 is 0 Å². The Bertz CT molecular complexity index is 1320. The standard InChI is InChI=1S/C30H40Cl2N8O3/c1-33-30(42)36-17-22-3-6-38(7-4-22)20-23-13-28(40(21-23)26-15-24(31)14-25(32)16-26)43-27-18-34-29(35-19-27)39-10-8-37(9-11-39)5-2-12-41/h13-16,18-19,21-22,41H,2-12,17,20H2,1H3,(H2,33,36,42). The van der Waals surface area contributed by atoms with E-state index in [0.717, 1.165) is 82.9 Å². The molecule has 2 fully saturated rings. The van der Waals surface area contributed by atoms with Crippen LogP contribution < -0.4 is 20.3 Å². The van der Waals surface area contributed by atoms with Crippen molar-refractivity contribution < 1.29 is 14.6 Å². The summed E-state index contributed by atoms with van der Waals surface area (Å²) in [6.07, 6.45) is 8.32. The van der Waals surface area contributed by atoms with Crippen molar-refractivity contribution in [2.75, 3.05) is 70.9 Å². The van der Waals surface area contributed by atoms with Crippen LogP contribution in [0.2, 0.25) is 10.0 Å². The number of nitrogens with one attached hydrogen (secondary N) is 2. The van der Waals surface area contributed by atoms with Crippen molar-refractivity contribution in [3.8, 4) is 17.3 Å². The molecule has 0 radical (unpaired) electrons. The lowest BCUT2D eigenvalue weighted by Crippen LogP contribution is -2.47. The number of aromatic nitrogens is 3. The van der Waals surface area contributed by atoms with Gasteiger partial charge in [-0.1, -0.05) is 23.2 Å². The van der Waals surface area contributed by atoms with Crippen molar-refractivity contribution in [2.24, 2.45) is 5.92 Å². The molecule has 0 unspecified atom stereocenters. The Morgan fingerprint density at radius 2 is 1.70 bits per heavy atom. The maximum atomic E-state index is 11.5. The predicted molar refractivity (Wildman–Crippen MR) is 169 cm³/mol. The molecule has 3 N–H and O–H groups in total. The van der Waals surface area contributed by atoms with Gasteiger partial charge in [0.25, 0.3) is 0 Å². The molecule has 11 nitrogen and oxygen atoms in total. The number of nitrogens with zero attached hydrogens (tertiary/aromatic N) is 6. The van der Waals surface area contributed by atoms with Crippen molar-refractivity contribution in [2.45, 2.75) is 25.8 Å². The van der Waals surface area contributed by atoms with E-state index in [9.17, 15) is 4.79 Å². The summed E-state index contributed by atoms with van der Waals surface area (Å²) in [5.74, 6) is 2.31. The molecule has 0 spiro atoms. The second-order valence-electron chi connectivity index (χ2n) is 11.1. The number of ether oxygens (including phenoxy) is 1. The largest absolute Gasteiger partial charge is 0.437 e. The van der Waals surface area contributed by atoms with Crippen LogP contribution in [0.1, 0.15) is 24.8 Å². The monoisotopic (exact) mass is 630 g/mol. The zero-order valence-corrected chi connectivity index (χ0v) is 26.0. The molecule has 4 heterocycles. The molecular formula is C30H40Cl2N8O3. The molecule has 0 aliphatic carbocycles. The van der Waals surface area contributed by atoms with Gasteiger partial charge in [0.2, 0.25) is 11.8 Å². The second-order valence-corrected chi connectivity index (χ2v) is 12.0. The lowest BCUT2D eigenvalue weighted by molar-refractivity contribution is 0.175. The lowest BCUT2D eigenvalue weighted by Gasteiger charge is -2.34. The number of halogens is 2. The van der Waals surface area contributed by atoms with Crippen LogP contribution in [-0.2, 0) is 6.54 Å². The molecule has 2 aliphatic rings. The number of hydrogen-bond donors (Lipinski definition) is 3. The average Bonchev–Trinajstić information content (AvgIpc) is 3.41. The Labute approximate surface area is 262 Å². The fraction of sp³-hybridized carbons (Fsp3) is 0.500. The van der Waals surface area contributed by atoms with E-state index in [2.05, 4.69) is 41.5 Å². The summed E-state index contributed by atoms with van der Waals surface area (Å²) in [6.45, 7) is 8.03. The summed E-state index contributed by atoms with van der Waals surface area (Å²) in [7, 11) is 1.63. The van der Waals surface area contributed by atoms with Crippen molar-refractivity contribution in [3.63, 3.8) is 0 Å². The summed E-state index contributed by atoms with van der Waals surface area (Å²) in [4.78, 5) is 27.7. The van der Waals surface area contributed by atoms with Crippen molar-refractivity contribution in [1.82, 2.24) is 35.0 Å². The molecule has 232 valence electrons. The minimum absolute atomic E-state index is 0.134. The van der Waals surface area contributed by atoms with Crippen molar-refractivity contribution >= 4 is 35.2 Å². The molecule has 13 heteroatoms. The first-order valence-electron chi connectivity index (χ1n) is 14.8. The van der Waals surface area contributed by atoms with E-state index in [4.69, 9.17) is 33.0 Å². The smallest absolute Gasteiger partial charge is 0.314 e. The van der Waals surface area contributed by atoms with Gasteiger partial charge in [-0.3, -0.25) is 14.4 Å². The first-order chi connectivity index (χ1) is 20.9. The van der Waals surface area contributed by atoms with Gasteiger partial charge in [0.15, 0.2) is 5.75 Å². The summed E-state index contributed by atoms with van der Waals surface area (Å²) in [5.41, 5.74) is 1.90. The molecule has 2 aromatic heterocycles. The number of urea groups is 1. The minimum atomic E-state index is -0.134. The number of amides is 2. The van der Waals surface area contributed by atoms with Crippen LogP contribution in [0.25, 0.3) is 5.69 Å². The molecule has 0 bridgehead atoms. The van der Waals surface area contributed by atoms with Crippen LogP contribution >= 0.6 is 23.2 Å². The van der Waals surface area contributed by atoms with Crippen LogP contribution in [0.4, 0.5) is 10.7 Å². The minimum Gasteiger partial charge on any atom is -0.437 e. The molecule has 1 aromatic carbocycles. The molecule has 5 rings (SSSR count). The van der Waals surface area contributed by atoms with Gasteiger partial charge >= 0.3 is 6.03 Å². The van der Waals surface area contributed by atoms with Crippen molar-refractivity contribution in [1.29, 1.82) is 0 Å². The van der Waals surface area contributed by atoms with Gasteiger partial charge in [-0.25, -0.2) is 14.8 Å². The summed E-state index contributed by atoms with van der Waals surface area (Å²) in [6, 6.07) is 7.32. The molecule has 3 aromatic rings. The predicted octanol–water partition coefficient (Wildman–Crippen LogP) is 4.01. The van der Waals surface area contributed by atoms with Gasteiger partial charge in [-0.2, -0.15) is 0 Å². The first-order valence-corrected chi connectivity index (χ1v) is 15.6. The SMILES string of the molecule is CNC(=O)NCC1CCN(Cc2cc(Oc3cnc(N4CCN(CCCO)CC4)nc3)n(-c3cc(Cl)cc(Cl)c3)c2)CC1. The number of carbonyl (C=O) groups excluding carboxylic acids is 1. The number of piperazine rings is 1. The van der Waals surface area contributed by atoms with Crippen LogP contribution in [-0.4, -0.2) is 101 Å². The number of anilines is 1. The Hall–Kier alpha value is -3.09. The molecule has 2 aliphatic heterocycles. The van der Waals surface area contributed by atoms with E-state index in [0.29, 0.717) is 40.1 Å². The maximum Gasteiger partial charge on any atom is 0.314 e. The highest BCUT2D eigenvalue weighted by Gasteiger charge is 2.22. The topological polar surface area (TPSA) is 111 Å². The normalized spacial score (nSPS) is 16.8. The van der Waals surface area contributed by atoms with Crippen LogP contribution in [0.3, 0.4) is 0 Å². The molecule has 0 saturated carbocycles. The zero-order chi connectivity index (χ0) is 30.2. The van der Waals surface area contributed by atoms with E-state index < -0.39 is 0 Å². The average molecular weight is 632 g/mol. The van der Waals surface area contributed by atoms with Gasteiger partial charge in [0.05, 0.1) is 18.1 Å². The molecule has 0 atom stereocenters. The summed E-state index contributed by atoms with van der Waals surface area (Å²) < 4.78 is 8.29. The molecule has 43 heavy (non-hydrogen) atoms. The maximum absolute atomic E-state index is 11.5. The highest BCUT2D eigenvalue weighted by atomic mass is 35.5. The number of aliphatic hydroxyl groups is 1. The third-order valence-electron chi connectivity index (χ3n) is 7.98. The van der Waals surface area contributed by atoms with Crippen LogP contribution in [0, 0.1) is 5.92 Å². The van der Waals surface area contributed by atoms with Crippen LogP contribution in [0.15, 0.2) is 42.9 Å². The third-order valence-corrected chi connectivity index (χ3v) is 8.42. The van der Waals surface area contributed by atoms with Gasteiger partial charge in [-0.05, 0) is 62.0 Å². The third kappa shape index (κ3) is 8.73. The van der Waals surface area contributed by atoms with E-state index in [1.54, 1.807) is 25.5 Å². The van der Waals surface area contributed by atoms with Gasteiger partial charge in [-0.15, -0.1) is 0 Å². The highest BCUT2D eigenvalue weighted by Crippen LogP contribution is 2.31. The second kappa shape index (κ2) is 15.1. The number of aliphatic hydroxyl groups excluding tert-OH is 1.